The van der Waals surface area contributed by atoms with Crippen molar-refractivity contribution in [2.24, 2.45) is 0 Å². The third-order valence-electron chi connectivity index (χ3n) is 1.78. The van der Waals surface area contributed by atoms with Gasteiger partial charge in [0, 0.05) is 11.6 Å². The number of aromatic nitrogens is 2. The average molecular weight is 260 g/mol. The Balaban J connectivity index is 2.81. The highest BCUT2D eigenvalue weighted by Crippen LogP contribution is 2.14. The van der Waals surface area contributed by atoms with Crippen LogP contribution in [0.15, 0.2) is 17.7 Å². The maximum Gasteiger partial charge on any atom is 0.252 e. The first-order chi connectivity index (χ1) is 7.52. The number of nitrogens with one attached hydrogen (secondary N) is 1. The minimum absolute atomic E-state index is 0.0000702. The molecule has 0 saturated heterocycles. The van der Waals surface area contributed by atoms with Crippen molar-refractivity contribution in [2.45, 2.75) is 20.3 Å². The van der Waals surface area contributed by atoms with E-state index in [-0.39, 0.29) is 16.3 Å². The van der Waals surface area contributed by atoms with Gasteiger partial charge < -0.3 is 5.32 Å². The second-order valence-corrected chi connectivity index (χ2v) is 3.82. The highest BCUT2D eigenvalue weighted by atomic mass is 35.5. The lowest BCUT2D eigenvalue weighted by molar-refractivity contribution is -0.112. The normalized spacial score (nSPS) is 11.4. The quantitative estimate of drug-likeness (QED) is 0.516. The second kappa shape index (κ2) is 5.82. The van der Waals surface area contributed by atoms with Crippen molar-refractivity contribution in [1.82, 2.24) is 9.97 Å². The van der Waals surface area contributed by atoms with Gasteiger partial charge in [-0.2, -0.15) is 0 Å². The second-order valence-electron chi connectivity index (χ2n) is 3.09. The van der Waals surface area contributed by atoms with E-state index in [1.165, 1.54) is 6.07 Å². The number of carbonyl (C=O) groups excluding carboxylic acids is 1. The minimum atomic E-state index is -0.229. The number of hydrogen-bond donors (Lipinski definition) is 1. The van der Waals surface area contributed by atoms with Crippen molar-refractivity contribution in [3.8, 4) is 0 Å². The molecule has 1 rings (SSSR count). The van der Waals surface area contributed by atoms with E-state index in [2.05, 4.69) is 15.3 Å². The number of nitrogens with zero attached hydrogens (tertiary/aromatic N) is 2. The molecule has 0 saturated carbocycles. The Hall–Kier alpha value is -1.13. The third kappa shape index (κ3) is 3.79. The van der Waals surface area contributed by atoms with E-state index < -0.39 is 0 Å². The Kier molecular flexibility index (Phi) is 4.71. The summed E-state index contributed by atoms with van der Waals surface area (Å²) in [5.74, 6) is 0.0616. The van der Waals surface area contributed by atoms with Crippen LogP contribution in [0.25, 0.3) is 0 Å². The van der Waals surface area contributed by atoms with Crippen LogP contribution in [-0.2, 0) is 4.79 Å². The smallest absolute Gasteiger partial charge is 0.252 e. The van der Waals surface area contributed by atoms with Gasteiger partial charge in [0.2, 0.25) is 5.28 Å². The van der Waals surface area contributed by atoms with E-state index in [1.54, 1.807) is 6.92 Å². The molecule has 0 atom stereocenters. The van der Waals surface area contributed by atoms with Crippen molar-refractivity contribution in [1.29, 1.82) is 0 Å². The Morgan fingerprint density at radius 1 is 1.50 bits per heavy atom. The number of rotatable bonds is 3. The van der Waals surface area contributed by atoms with Crippen molar-refractivity contribution < 1.29 is 4.79 Å². The summed E-state index contributed by atoms with van der Waals surface area (Å²) >= 11 is 11.3. The van der Waals surface area contributed by atoms with Gasteiger partial charge in [-0.1, -0.05) is 24.6 Å². The summed E-state index contributed by atoms with van der Waals surface area (Å²) in [6.45, 7) is 3.68. The van der Waals surface area contributed by atoms with Crippen LogP contribution in [0.5, 0.6) is 0 Å². The van der Waals surface area contributed by atoms with Gasteiger partial charge in [-0.15, -0.1) is 0 Å². The van der Waals surface area contributed by atoms with E-state index >= 15 is 0 Å². The van der Waals surface area contributed by atoms with E-state index in [0.717, 1.165) is 6.42 Å². The molecule has 0 aromatic carbocycles. The molecule has 0 aliphatic rings. The van der Waals surface area contributed by atoms with Gasteiger partial charge in [0.1, 0.15) is 11.0 Å². The fourth-order valence-corrected chi connectivity index (χ4v) is 1.48. The molecule has 0 fully saturated rings. The predicted molar refractivity (Wildman–Crippen MR) is 64.7 cm³/mol. The van der Waals surface area contributed by atoms with Crippen LogP contribution in [0, 0.1) is 0 Å². The first kappa shape index (κ1) is 12.9. The molecule has 0 spiro atoms. The van der Waals surface area contributed by atoms with E-state index in [0.29, 0.717) is 11.4 Å². The van der Waals surface area contributed by atoms with Crippen LogP contribution in [0.4, 0.5) is 5.82 Å². The lowest BCUT2D eigenvalue weighted by atomic mass is 10.2. The molecule has 1 aromatic rings. The Morgan fingerprint density at radius 2 is 2.19 bits per heavy atom. The van der Waals surface area contributed by atoms with Gasteiger partial charge in [0.15, 0.2) is 0 Å². The van der Waals surface area contributed by atoms with Gasteiger partial charge in [0.25, 0.3) is 5.91 Å². The van der Waals surface area contributed by atoms with Crippen LogP contribution < -0.4 is 5.32 Å². The van der Waals surface area contributed by atoms with Crippen LogP contribution in [0.2, 0.25) is 10.4 Å². The Labute approximate surface area is 104 Å². The van der Waals surface area contributed by atoms with Gasteiger partial charge in [0.05, 0.1) is 0 Å². The lowest BCUT2D eigenvalue weighted by Crippen LogP contribution is -2.14. The molecule has 0 radical (unpaired) electrons. The largest absolute Gasteiger partial charge is 0.307 e. The van der Waals surface area contributed by atoms with Crippen LogP contribution in [0.3, 0.4) is 0 Å². The predicted octanol–water partition coefficient (Wildman–Crippen LogP) is 3.08. The highest BCUT2D eigenvalue weighted by molar-refractivity contribution is 6.32. The summed E-state index contributed by atoms with van der Waals surface area (Å²) in [6.07, 6.45) is 2.62. The van der Waals surface area contributed by atoms with Crippen molar-refractivity contribution in [3.63, 3.8) is 0 Å². The molecule has 86 valence electrons. The topological polar surface area (TPSA) is 54.9 Å². The molecule has 1 heterocycles. The maximum atomic E-state index is 11.6. The molecule has 0 aliphatic heterocycles. The van der Waals surface area contributed by atoms with Crippen molar-refractivity contribution in [2.75, 3.05) is 5.32 Å². The van der Waals surface area contributed by atoms with Gasteiger partial charge in [-0.05, 0) is 24.9 Å². The maximum absolute atomic E-state index is 11.6. The van der Waals surface area contributed by atoms with Crippen molar-refractivity contribution in [3.05, 3.63) is 28.2 Å². The number of halogens is 2. The van der Waals surface area contributed by atoms with Crippen LogP contribution in [-0.4, -0.2) is 15.9 Å². The summed E-state index contributed by atoms with van der Waals surface area (Å²) < 4.78 is 0. The minimum Gasteiger partial charge on any atom is -0.307 e. The molecule has 0 unspecified atom stereocenters. The zero-order chi connectivity index (χ0) is 12.1. The van der Waals surface area contributed by atoms with E-state index in [1.807, 2.05) is 13.0 Å². The first-order valence-electron chi connectivity index (χ1n) is 4.71. The van der Waals surface area contributed by atoms with Crippen molar-refractivity contribution >= 4 is 34.9 Å². The van der Waals surface area contributed by atoms with E-state index in [9.17, 15) is 4.79 Å². The van der Waals surface area contributed by atoms with E-state index in [4.69, 9.17) is 23.2 Å². The molecule has 0 aliphatic carbocycles. The summed E-state index contributed by atoms with van der Waals surface area (Å²) in [4.78, 5) is 19.1. The van der Waals surface area contributed by atoms with Gasteiger partial charge >= 0.3 is 0 Å². The molecule has 16 heavy (non-hydrogen) atoms. The molecule has 1 aromatic heterocycles. The van der Waals surface area contributed by atoms with Crippen LogP contribution >= 0.6 is 23.2 Å². The zero-order valence-electron chi connectivity index (χ0n) is 8.92. The third-order valence-corrected chi connectivity index (χ3v) is 2.14. The van der Waals surface area contributed by atoms with Gasteiger partial charge in [-0.25, -0.2) is 9.97 Å². The fourth-order valence-electron chi connectivity index (χ4n) is 1.07. The number of anilines is 1. The summed E-state index contributed by atoms with van der Waals surface area (Å²) in [5, 5.41) is 2.77. The number of allylic oxidation sites excluding steroid dienone is 1. The highest BCUT2D eigenvalue weighted by Gasteiger charge is 2.07. The lowest BCUT2D eigenvalue weighted by Gasteiger charge is -2.04. The zero-order valence-corrected chi connectivity index (χ0v) is 10.4. The Morgan fingerprint density at radius 3 is 2.75 bits per heavy atom. The molecule has 0 bridgehead atoms. The monoisotopic (exact) mass is 259 g/mol. The molecule has 1 N–H and O–H groups in total. The summed E-state index contributed by atoms with van der Waals surface area (Å²) in [5.41, 5.74) is 0.619. The number of carbonyl (C=O) groups is 1. The fraction of sp³-hybridized carbons (Fsp3) is 0.300. The Bertz CT molecular complexity index is 412. The van der Waals surface area contributed by atoms with Crippen LogP contribution in [0.1, 0.15) is 20.3 Å². The first-order valence-corrected chi connectivity index (χ1v) is 5.46. The SMILES string of the molecule is CC/C=C(/C)C(=O)Nc1cc(Cl)nc(Cl)n1. The van der Waals surface area contributed by atoms with Gasteiger partial charge in [-0.3, -0.25) is 4.79 Å². The number of hydrogen-bond acceptors (Lipinski definition) is 3. The summed E-state index contributed by atoms with van der Waals surface area (Å²) in [7, 11) is 0. The average Bonchev–Trinajstić information content (AvgIpc) is 2.16. The molecule has 6 heteroatoms. The molecule has 4 nitrogen and oxygen atoms in total. The molecular weight excluding hydrogens is 249 g/mol. The molecule has 1 amide bonds. The summed E-state index contributed by atoms with van der Waals surface area (Å²) in [6, 6.07) is 1.44. The standard InChI is InChI=1S/C10H11Cl2N3O/c1-3-4-6(2)9(16)14-8-5-7(11)13-10(12)15-8/h4-5H,3H2,1-2H3,(H,13,14,15,16)/b6-4-. The number of amides is 1. The molecular formula is C10H11Cl2N3O.